The van der Waals surface area contributed by atoms with Gasteiger partial charge in [0.05, 0.1) is 31.6 Å². The van der Waals surface area contributed by atoms with Crippen molar-refractivity contribution in [2.75, 3.05) is 5.73 Å². The van der Waals surface area contributed by atoms with Crippen LogP contribution in [0.25, 0.3) is 0 Å². The Morgan fingerprint density at radius 3 is 2.68 bits per heavy atom. The lowest BCUT2D eigenvalue weighted by Crippen LogP contribution is -2.03. The van der Waals surface area contributed by atoms with Gasteiger partial charge in [0.2, 0.25) is 0 Å². The first-order chi connectivity index (χ1) is 9.00. The number of benzene rings is 2. The van der Waals surface area contributed by atoms with Crippen LogP contribution in [0.15, 0.2) is 45.8 Å². The van der Waals surface area contributed by atoms with Gasteiger partial charge in [0.15, 0.2) is 0 Å². The Morgan fingerprint density at radius 2 is 1.95 bits per heavy atom. The molecule has 0 heterocycles. The largest absolute Gasteiger partial charge is 0.398 e. The lowest BCUT2D eigenvalue weighted by molar-refractivity contribution is 0.619. The number of rotatable bonds is 3. The molecule has 0 aromatic heterocycles. The minimum Gasteiger partial charge on any atom is -0.398 e. The Bertz CT molecular complexity index is 645. The van der Waals surface area contributed by atoms with Crippen LogP contribution in [0.1, 0.15) is 11.1 Å². The molecule has 1 unspecified atom stereocenters. The average molecular weight is 342 g/mol. The molecule has 5 heteroatoms. The van der Waals surface area contributed by atoms with E-state index in [-0.39, 0.29) is 11.6 Å². The fraction of sp³-hybridized carbons (Fsp3) is 0.143. The standard InChI is InChI=1S/C14H13BrFNOS/c1-9-4-2-7-12(14(9)17)19(18)8-10-5-3-6-11(16)13(10)15/h2-7H,8,17H2,1H3. The number of nitrogen functional groups attached to an aromatic ring is 1. The Morgan fingerprint density at radius 1 is 1.26 bits per heavy atom. The van der Waals surface area contributed by atoms with Crippen molar-refractivity contribution in [1.29, 1.82) is 0 Å². The van der Waals surface area contributed by atoms with E-state index in [9.17, 15) is 8.60 Å². The minimum atomic E-state index is -1.30. The van der Waals surface area contributed by atoms with Gasteiger partial charge in [-0.2, -0.15) is 0 Å². The lowest BCUT2D eigenvalue weighted by atomic mass is 10.2. The summed E-state index contributed by atoms with van der Waals surface area (Å²) < 4.78 is 26.1. The van der Waals surface area contributed by atoms with Gasteiger partial charge in [-0.15, -0.1) is 0 Å². The highest BCUT2D eigenvalue weighted by Gasteiger charge is 2.13. The first-order valence-corrected chi connectivity index (χ1v) is 7.78. The molecule has 0 bridgehead atoms. The predicted octanol–water partition coefficient (Wildman–Crippen LogP) is 3.79. The molecule has 2 nitrogen and oxygen atoms in total. The summed E-state index contributed by atoms with van der Waals surface area (Å²) in [5.74, 6) is -0.127. The monoisotopic (exact) mass is 341 g/mol. The highest BCUT2D eigenvalue weighted by atomic mass is 79.9. The van der Waals surface area contributed by atoms with E-state index in [2.05, 4.69) is 15.9 Å². The van der Waals surface area contributed by atoms with Gasteiger partial charge in [-0.05, 0) is 46.1 Å². The maximum Gasteiger partial charge on any atom is 0.137 e. The second-order valence-electron chi connectivity index (χ2n) is 4.19. The minimum absolute atomic E-state index is 0.228. The van der Waals surface area contributed by atoms with Crippen molar-refractivity contribution in [2.24, 2.45) is 0 Å². The second kappa shape index (κ2) is 5.84. The van der Waals surface area contributed by atoms with Crippen molar-refractivity contribution in [3.8, 4) is 0 Å². The molecule has 0 fully saturated rings. The van der Waals surface area contributed by atoms with Crippen LogP contribution >= 0.6 is 15.9 Å². The zero-order valence-electron chi connectivity index (χ0n) is 10.3. The molecule has 0 aliphatic rings. The quantitative estimate of drug-likeness (QED) is 0.863. The van der Waals surface area contributed by atoms with Gasteiger partial charge >= 0.3 is 0 Å². The van der Waals surface area contributed by atoms with Gasteiger partial charge in [-0.25, -0.2) is 4.39 Å². The fourth-order valence-corrected chi connectivity index (χ4v) is 3.64. The third-order valence-electron chi connectivity index (χ3n) is 2.85. The third-order valence-corrected chi connectivity index (χ3v) is 5.16. The van der Waals surface area contributed by atoms with E-state index in [1.54, 1.807) is 18.2 Å². The molecule has 2 aromatic carbocycles. The van der Waals surface area contributed by atoms with Crippen LogP contribution in [0.2, 0.25) is 0 Å². The van der Waals surface area contributed by atoms with E-state index in [1.807, 2.05) is 19.1 Å². The van der Waals surface area contributed by atoms with Crippen LogP contribution in [0.5, 0.6) is 0 Å². The Kier molecular flexibility index (Phi) is 4.37. The summed E-state index contributed by atoms with van der Waals surface area (Å²) in [6.45, 7) is 1.87. The van der Waals surface area contributed by atoms with Crippen molar-refractivity contribution in [1.82, 2.24) is 0 Å². The maximum atomic E-state index is 13.4. The second-order valence-corrected chi connectivity index (χ2v) is 6.40. The van der Waals surface area contributed by atoms with Crippen molar-refractivity contribution in [3.63, 3.8) is 0 Å². The maximum absolute atomic E-state index is 13.4. The van der Waals surface area contributed by atoms with Crippen molar-refractivity contribution in [3.05, 3.63) is 57.8 Å². The summed E-state index contributed by atoms with van der Waals surface area (Å²) in [6, 6.07) is 10.1. The van der Waals surface area contributed by atoms with Crippen molar-refractivity contribution in [2.45, 2.75) is 17.6 Å². The van der Waals surface area contributed by atoms with Crippen molar-refractivity contribution >= 4 is 32.4 Å². The smallest absolute Gasteiger partial charge is 0.137 e. The zero-order chi connectivity index (χ0) is 14.0. The fourth-order valence-electron chi connectivity index (χ4n) is 1.73. The van der Waals surface area contributed by atoms with Gasteiger partial charge in [0.25, 0.3) is 0 Å². The highest BCUT2D eigenvalue weighted by molar-refractivity contribution is 9.10. The van der Waals surface area contributed by atoms with E-state index in [0.29, 0.717) is 20.6 Å². The Hall–Kier alpha value is -1.20. The van der Waals surface area contributed by atoms with Gasteiger partial charge in [-0.3, -0.25) is 4.21 Å². The Balaban J connectivity index is 2.31. The van der Waals surface area contributed by atoms with Crippen molar-refractivity contribution < 1.29 is 8.60 Å². The van der Waals surface area contributed by atoms with E-state index in [1.165, 1.54) is 6.07 Å². The van der Waals surface area contributed by atoms with E-state index in [4.69, 9.17) is 5.73 Å². The highest BCUT2D eigenvalue weighted by Crippen LogP contribution is 2.26. The van der Waals surface area contributed by atoms with E-state index >= 15 is 0 Å². The molecule has 2 aromatic rings. The molecule has 2 N–H and O–H groups in total. The molecule has 0 saturated carbocycles. The van der Waals surface area contributed by atoms with Crippen LogP contribution in [-0.4, -0.2) is 4.21 Å². The average Bonchev–Trinajstić information content (AvgIpc) is 2.38. The molecule has 0 radical (unpaired) electrons. The van der Waals surface area contributed by atoms with Crippen LogP contribution in [0, 0.1) is 12.7 Å². The van der Waals surface area contributed by atoms with Gasteiger partial charge in [0.1, 0.15) is 5.82 Å². The molecule has 0 spiro atoms. The molecular formula is C14H13BrFNOS. The van der Waals surface area contributed by atoms with Gasteiger partial charge in [-0.1, -0.05) is 24.3 Å². The summed E-state index contributed by atoms with van der Waals surface area (Å²) in [6.07, 6.45) is 0. The Labute approximate surface area is 122 Å². The van der Waals surface area contributed by atoms with E-state index < -0.39 is 10.8 Å². The van der Waals surface area contributed by atoms with Crippen LogP contribution in [-0.2, 0) is 16.6 Å². The van der Waals surface area contributed by atoms with Crippen LogP contribution < -0.4 is 5.73 Å². The molecule has 0 saturated heterocycles. The number of halogens is 2. The first kappa shape index (κ1) is 14.2. The molecular weight excluding hydrogens is 329 g/mol. The summed E-state index contributed by atoms with van der Waals surface area (Å²) in [4.78, 5) is 0.594. The summed E-state index contributed by atoms with van der Waals surface area (Å²) in [7, 11) is -1.30. The van der Waals surface area contributed by atoms with E-state index in [0.717, 1.165) is 5.56 Å². The number of anilines is 1. The number of para-hydroxylation sites is 1. The lowest BCUT2D eigenvalue weighted by Gasteiger charge is -2.09. The molecule has 0 aliphatic carbocycles. The van der Waals surface area contributed by atoms with Crippen LogP contribution in [0.4, 0.5) is 10.1 Å². The predicted molar refractivity (Wildman–Crippen MR) is 79.8 cm³/mol. The first-order valence-electron chi connectivity index (χ1n) is 5.67. The summed E-state index contributed by atoms with van der Waals surface area (Å²) in [5.41, 5.74) is 8.02. The number of hydrogen-bond acceptors (Lipinski definition) is 2. The normalized spacial score (nSPS) is 12.4. The molecule has 2 rings (SSSR count). The van der Waals surface area contributed by atoms with Gasteiger partial charge in [0, 0.05) is 0 Å². The zero-order valence-corrected chi connectivity index (χ0v) is 12.7. The summed E-state index contributed by atoms with van der Waals surface area (Å²) >= 11 is 3.17. The topological polar surface area (TPSA) is 43.1 Å². The molecule has 0 aliphatic heterocycles. The van der Waals surface area contributed by atoms with Crippen LogP contribution in [0.3, 0.4) is 0 Å². The molecule has 1 atom stereocenters. The number of aryl methyl sites for hydroxylation is 1. The molecule has 19 heavy (non-hydrogen) atoms. The molecule has 0 amide bonds. The number of hydrogen-bond donors (Lipinski definition) is 1. The third kappa shape index (κ3) is 3.04. The molecule has 100 valence electrons. The van der Waals surface area contributed by atoms with Gasteiger partial charge < -0.3 is 5.73 Å². The summed E-state index contributed by atoms with van der Waals surface area (Å²) in [5, 5.41) is 0. The number of nitrogens with two attached hydrogens (primary N) is 1. The SMILES string of the molecule is Cc1cccc(S(=O)Cc2cccc(F)c2Br)c1N.